The molecule has 1 aromatic heterocycles. The average molecular weight is 643 g/mol. The number of nitrogens with two attached hydrogens (primary N) is 3. The Morgan fingerprint density at radius 1 is 0.842 bits per heavy atom. The van der Waals surface area contributed by atoms with Crippen molar-refractivity contribution in [3.8, 4) is 0 Å². The number of fused-ring (bicyclic) bond motifs is 1. The van der Waals surface area contributed by atoms with Crippen LogP contribution in [-0.2, 0) is 7.05 Å². The van der Waals surface area contributed by atoms with E-state index >= 15 is 0 Å². The number of carbonyl (C=O) groups is 1. The van der Waals surface area contributed by atoms with Crippen LogP contribution < -0.4 is 33.2 Å². The lowest BCUT2D eigenvalue weighted by Gasteiger charge is -2.09. The van der Waals surface area contributed by atoms with E-state index in [1.807, 2.05) is 66.3 Å². The SMILES string of the molecule is Br.Br.CC(=NN=C(N)N)c1ccc(NC(=O)Nc2ccc(N=c3ccn(C)c4ccc(N)cc34)cc2)cc1. The highest BCUT2D eigenvalue weighted by Crippen LogP contribution is 2.18. The van der Waals surface area contributed by atoms with E-state index in [1.54, 1.807) is 31.2 Å². The molecule has 3 aromatic carbocycles. The summed E-state index contributed by atoms with van der Waals surface area (Å²) in [4.78, 5) is 17.2. The maximum Gasteiger partial charge on any atom is 0.323 e. The van der Waals surface area contributed by atoms with Crippen LogP contribution in [0.3, 0.4) is 0 Å². The van der Waals surface area contributed by atoms with Crippen molar-refractivity contribution in [3.05, 3.63) is 89.9 Å². The number of urea groups is 1. The fourth-order valence-electron chi connectivity index (χ4n) is 3.55. The Morgan fingerprint density at radius 3 is 2.05 bits per heavy atom. The smallest absolute Gasteiger partial charge is 0.323 e. The van der Waals surface area contributed by atoms with Crippen molar-refractivity contribution in [2.24, 2.45) is 33.7 Å². The lowest BCUT2D eigenvalue weighted by molar-refractivity contribution is 0.262. The number of anilines is 3. The third-order valence-electron chi connectivity index (χ3n) is 5.38. The zero-order valence-corrected chi connectivity index (χ0v) is 24.2. The Hall–Kier alpha value is -4.16. The maximum atomic E-state index is 12.4. The zero-order valence-electron chi connectivity index (χ0n) is 20.8. The third kappa shape index (κ3) is 7.67. The first-order valence-corrected chi connectivity index (χ1v) is 11.1. The predicted octanol–water partition coefficient (Wildman–Crippen LogP) is 4.79. The largest absolute Gasteiger partial charge is 0.399 e. The summed E-state index contributed by atoms with van der Waals surface area (Å²) in [5.41, 5.74) is 21.8. The number of amides is 2. The van der Waals surface area contributed by atoms with Crippen molar-refractivity contribution < 1.29 is 4.79 Å². The van der Waals surface area contributed by atoms with Crippen LogP contribution in [0.2, 0.25) is 0 Å². The number of halogens is 2. The molecule has 8 N–H and O–H groups in total. The van der Waals surface area contributed by atoms with Crippen molar-refractivity contribution in [3.63, 3.8) is 0 Å². The maximum absolute atomic E-state index is 12.4. The lowest BCUT2D eigenvalue weighted by atomic mass is 10.1. The molecule has 12 heteroatoms. The van der Waals surface area contributed by atoms with Gasteiger partial charge in [-0.3, -0.25) is 0 Å². The number of hydrogen-bond donors (Lipinski definition) is 5. The molecule has 0 saturated carbocycles. The zero-order chi connectivity index (χ0) is 25.7. The van der Waals surface area contributed by atoms with Crippen LogP contribution in [0.15, 0.2) is 94.2 Å². The molecule has 0 bridgehead atoms. The number of hydrogen-bond acceptors (Lipinski definition) is 5. The van der Waals surface area contributed by atoms with Gasteiger partial charge in [0, 0.05) is 35.7 Å². The van der Waals surface area contributed by atoms with Crippen LogP contribution in [0.4, 0.5) is 27.5 Å². The van der Waals surface area contributed by atoms with E-state index in [0.717, 1.165) is 27.5 Å². The van der Waals surface area contributed by atoms with Crippen LogP contribution in [0.1, 0.15) is 12.5 Å². The van der Waals surface area contributed by atoms with Gasteiger partial charge in [-0.25, -0.2) is 9.79 Å². The van der Waals surface area contributed by atoms with Gasteiger partial charge in [-0.15, -0.1) is 39.1 Å². The van der Waals surface area contributed by atoms with Crippen molar-refractivity contribution in [2.45, 2.75) is 6.92 Å². The number of aromatic nitrogens is 1. The number of aryl methyl sites for hydroxylation is 1. The molecular formula is C26H29Br2N9O. The first kappa shape index (κ1) is 30.1. The van der Waals surface area contributed by atoms with Crippen molar-refractivity contribution in [1.82, 2.24) is 4.57 Å². The number of guanidine groups is 1. The number of nitrogen functional groups attached to an aromatic ring is 1. The summed E-state index contributed by atoms with van der Waals surface area (Å²) in [5, 5.41) is 15.0. The molecule has 0 saturated heterocycles. The number of nitrogens with zero attached hydrogens (tertiary/aromatic N) is 4. The molecule has 2 amide bonds. The molecule has 10 nitrogen and oxygen atoms in total. The van der Waals surface area contributed by atoms with Gasteiger partial charge < -0.3 is 32.4 Å². The van der Waals surface area contributed by atoms with E-state index in [2.05, 4.69) is 20.8 Å². The molecule has 1 heterocycles. The van der Waals surface area contributed by atoms with Crippen LogP contribution in [0.5, 0.6) is 0 Å². The van der Waals surface area contributed by atoms with E-state index < -0.39 is 0 Å². The molecule has 0 unspecified atom stereocenters. The molecule has 0 radical (unpaired) electrons. The normalized spacial score (nSPS) is 11.2. The summed E-state index contributed by atoms with van der Waals surface area (Å²) >= 11 is 0. The second-order valence-electron chi connectivity index (χ2n) is 8.11. The summed E-state index contributed by atoms with van der Waals surface area (Å²) < 4.78 is 2.02. The standard InChI is InChI=1S/C26H27N9O.2BrH/c1-16(33-34-25(28)29)17-3-6-20(7-4-17)31-26(36)32-21-10-8-19(9-11-21)30-23-13-14-35(2)24-12-5-18(27)15-22(23)24;;/h3-15H,27H2,1-2H3,(H4,28,29,34)(H2,31,32,36);2*1H. The molecule has 0 fully saturated rings. The Bertz CT molecular complexity index is 1540. The lowest BCUT2D eigenvalue weighted by Crippen LogP contribution is -2.22. The van der Waals surface area contributed by atoms with Crippen LogP contribution in [0.25, 0.3) is 10.9 Å². The summed E-state index contributed by atoms with van der Waals surface area (Å²) in [7, 11) is 1.98. The molecule has 0 aliphatic heterocycles. The molecule has 4 aromatic rings. The number of rotatable bonds is 5. The minimum Gasteiger partial charge on any atom is -0.399 e. The molecule has 0 atom stereocenters. The van der Waals surface area contributed by atoms with Gasteiger partial charge in [0.05, 0.1) is 22.3 Å². The monoisotopic (exact) mass is 641 g/mol. The van der Waals surface area contributed by atoms with Crippen molar-refractivity contribution in [2.75, 3.05) is 16.4 Å². The fourth-order valence-corrected chi connectivity index (χ4v) is 3.55. The summed E-state index contributed by atoms with van der Waals surface area (Å²) in [5.74, 6) is -0.112. The van der Waals surface area contributed by atoms with Gasteiger partial charge in [0.1, 0.15) is 0 Å². The quantitative estimate of drug-likeness (QED) is 0.0916. The third-order valence-corrected chi connectivity index (χ3v) is 5.38. The van der Waals surface area contributed by atoms with Crippen LogP contribution >= 0.6 is 34.0 Å². The molecule has 0 aliphatic carbocycles. The second kappa shape index (κ2) is 13.4. The Kier molecular flexibility index (Phi) is 10.6. The number of benzene rings is 3. The Labute approximate surface area is 240 Å². The van der Waals surface area contributed by atoms with E-state index in [0.29, 0.717) is 22.8 Å². The molecule has 38 heavy (non-hydrogen) atoms. The van der Waals surface area contributed by atoms with Gasteiger partial charge in [0.15, 0.2) is 0 Å². The topological polar surface area (TPSA) is 161 Å². The molecule has 4 rings (SSSR count). The highest BCUT2D eigenvalue weighted by atomic mass is 79.9. The number of pyridine rings is 1. The Balaban J connectivity index is 0.00000253. The van der Waals surface area contributed by atoms with Gasteiger partial charge in [-0.05, 0) is 73.2 Å². The highest BCUT2D eigenvalue weighted by molar-refractivity contribution is 8.93. The van der Waals surface area contributed by atoms with E-state index in [1.165, 1.54) is 0 Å². The first-order chi connectivity index (χ1) is 17.3. The van der Waals surface area contributed by atoms with E-state index in [4.69, 9.17) is 22.2 Å². The van der Waals surface area contributed by atoms with Gasteiger partial charge >= 0.3 is 6.03 Å². The summed E-state index contributed by atoms with van der Waals surface area (Å²) in [6.45, 7) is 1.78. The number of carbonyl (C=O) groups excluding carboxylic acids is 1. The fraction of sp³-hybridized carbons (Fsp3) is 0.0769. The minimum absolute atomic E-state index is 0. The summed E-state index contributed by atoms with van der Waals surface area (Å²) in [6.07, 6.45) is 1.96. The summed E-state index contributed by atoms with van der Waals surface area (Å²) in [6, 6.07) is 21.8. The van der Waals surface area contributed by atoms with E-state index in [-0.39, 0.29) is 46.0 Å². The first-order valence-electron chi connectivity index (χ1n) is 11.1. The molecule has 0 aliphatic rings. The Morgan fingerprint density at radius 2 is 1.45 bits per heavy atom. The van der Waals surface area contributed by atoms with Crippen LogP contribution in [-0.4, -0.2) is 22.3 Å². The van der Waals surface area contributed by atoms with Crippen molar-refractivity contribution >= 4 is 85.3 Å². The van der Waals surface area contributed by atoms with Gasteiger partial charge in [0.2, 0.25) is 5.96 Å². The molecule has 198 valence electrons. The minimum atomic E-state index is -0.365. The van der Waals surface area contributed by atoms with E-state index in [9.17, 15) is 4.79 Å². The van der Waals surface area contributed by atoms with Gasteiger partial charge in [0.25, 0.3) is 0 Å². The average Bonchev–Trinajstić information content (AvgIpc) is 2.86. The number of nitrogens with one attached hydrogen (secondary N) is 2. The van der Waals surface area contributed by atoms with Crippen molar-refractivity contribution in [1.29, 1.82) is 0 Å². The van der Waals surface area contributed by atoms with Crippen LogP contribution in [0, 0.1) is 0 Å². The predicted molar refractivity (Wildman–Crippen MR) is 167 cm³/mol. The van der Waals surface area contributed by atoms with Gasteiger partial charge in [-0.2, -0.15) is 5.10 Å². The second-order valence-corrected chi connectivity index (χ2v) is 8.11. The molecule has 0 spiro atoms. The van der Waals surface area contributed by atoms with Gasteiger partial charge in [-0.1, -0.05) is 12.1 Å². The molecular weight excluding hydrogens is 614 g/mol. The highest BCUT2D eigenvalue weighted by Gasteiger charge is 2.05.